The van der Waals surface area contributed by atoms with Crippen LogP contribution in [-0.4, -0.2) is 200 Å². The molecule has 5 aliphatic heterocycles. The average Bonchev–Trinajstić information content (AvgIpc) is 3.57. The zero-order chi connectivity index (χ0) is 53.1. The monoisotopic (exact) mass is 1050 g/mol. The molecule has 0 bridgehead atoms. The molecule has 6 N–H and O–H groups in total. The molecule has 20 nitrogen and oxygen atoms in total. The van der Waals surface area contributed by atoms with Crippen molar-refractivity contribution < 1.29 is 97.0 Å². The molecule has 0 aromatic carbocycles. The molecule has 9 aliphatic rings. The highest BCUT2D eigenvalue weighted by Gasteiger charge is 2.62. The van der Waals surface area contributed by atoms with Gasteiger partial charge in [0, 0.05) is 58.3 Å². The van der Waals surface area contributed by atoms with E-state index in [4.69, 9.17) is 61.6 Å². The number of methoxy groups -OCH3 is 3. The Hall–Kier alpha value is -1.77. The summed E-state index contributed by atoms with van der Waals surface area (Å²) in [7, 11) is 4.79. The summed E-state index contributed by atoms with van der Waals surface area (Å²) < 4.78 is 81.1. The van der Waals surface area contributed by atoms with Crippen molar-refractivity contribution in [3.8, 4) is 0 Å². The molecule has 7 fully saturated rings. The first-order valence-corrected chi connectivity index (χ1v) is 27.4. The fraction of sp³-hybridized carbons (Fsp3) is 0.907. The lowest BCUT2D eigenvalue weighted by Gasteiger charge is -2.57. The maximum atomic E-state index is 13.6. The van der Waals surface area contributed by atoms with E-state index in [2.05, 4.69) is 26.8 Å². The predicted molar refractivity (Wildman–Crippen MR) is 260 cm³/mol. The minimum absolute atomic E-state index is 0.0114. The van der Waals surface area contributed by atoms with Gasteiger partial charge in [-0.1, -0.05) is 32.4 Å². The van der Waals surface area contributed by atoms with E-state index in [0.717, 1.165) is 44.1 Å². The van der Waals surface area contributed by atoms with E-state index < -0.39 is 124 Å². The first-order chi connectivity index (χ1) is 35.3. The molecule has 5 heterocycles. The molecule has 20 heteroatoms. The van der Waals surface area contributed by atoms with Gasteiger partial charge >= 0.3 is 0 Å². The summed E-state index contributed by atoms with van der Waals surface area (Å²) in [4.78, 5) is 13.6. The lowest BCUT2D eigenvalue weighted by atomic mass is 9.47. The van der Waals surface area contributed by atoms with Crippen LogP contribution >= 0.6 is 0 Å². The number of hydrogen-bond donors (Lipinski definition) is 6. The molecule has 4 aliphatic carbocycles. The van der Waals surface area contributed by atoms with Crippen LogP contribution < -0.4 is 0 Å². The van der Waals surface area contributed by atoms with E-state index in [0.29, 0.717) is 25.2 Å². The number of Topliss-reactive ketones (excluding diaryl/α,β-unsaturated/α-hetero) is 1. The Morgan fingerprint density at radius 2 is 1.14 bits per heavy atom. The van der Waals surface area contributed by atoms with Crippen LogP contribution in [0.25, 0.3) is 0 Å². The molecule has 0 amide bonds. The Bertz CT molecular complexity index is 1980. The number of hydrogen-bond acceptors (Lipinski definition) is 20. The van der Waals surface area contributed by atoms with Crippen LogP contribution in [0.4, 0.5) is 0 Å². The second-order valence-electron chi connectivity index (χ2n) is 23.1. The van der Waals surface area contributed by atoms with E-state index in [9.17, 15) is 35.4 Å². The Kier molecular flexibility index (Phi) is 17.8. The van der Waals surface area contributed by atoms with Crippen LogP contribution in [-0.2, 0) is 66.4 Å². The maximum absolute atomic E-state index is 13.6. The van der Waals surface area contributed by atoms with Crippen LogP contribution in [0.3, 0.4) is 0 Å². The maximum Gasteiger partial charge on any atom is 0.201 e. The van der Waals surface area contributed by atoms with E-state index in [-0.39, 0.29) is 65.4 Å². The van der Waals surface area contributed by atoms with Gasteiger partial charge in [-0.15, -0.1) is 0 Å². The topological polar surface area (TPSA) is 258 Å². The summed E-state index contributed by atoms with van der Waals surface area (Å²) in [6, 6.07) is 0. The highest BCUT2D eigenvalue weighted by molar-refractivity contribution is 6.00. The molecule has 9 rings (SSSR count). The zero-order valence-electron chi connectivity index (χ0n) is 44.9. The number of ketones is 1. The molecule has 74 heavy (non-hydrogen) atoms. The van der Waals surface area contributed by atoms with Crippen molar-refractivity contribution in [2.75, 3.05) is 27.9 Å². The van der Waals surface area contributed by atoms with Gasteiger partial charge in [-0.05, 0) is 95.5 Å². The predicted octanol–water partition coefficient (Wildman–Crippen LogP) is 3.63. The third-order valence-electron chi connectivity index (χ3n) is 18.9. The minimum atomic E-state index is -1.60. The minimum Gasteiger partial charge on any atom is -0.504 e. The van der Waals surface area contributed by atoms with Gasteiger partial charge in [-0.2, -0.15) is 0 Å². The van der Waals surface area contributed by atoms with Crippen LogP contribution in [0.15, 0.2) is 23.0 Å². The third kappa shape index (κ3) is 10.7. The smallest absolute Gasteiger partial charge is 0.201 e. The van der Waals surface area contributed by atoms with Gasteiger partial charge in [0.1, 0.15) is 48.8 Å². The molecular formula is C54H86O20. The van der Waals surface area contributed by atoms with Crippen molar-refractivity contribution in [1.29, 1.82) is 0 Å². The molecule has 5 saturated heterocycles. The molecule has 0 unspecified atom stereocenters. The van der Waals surface area contributed by atoms with Crippen molar-refractivity contribution in [2.45, 2.75) is 254 Å². The summed E-state index contributed by atoms with van der Waals surface area (Å²) in [5.41, 5.74) is 2.11. The van der Waals surface area contributed by atoms with E-state index in [1.165, 1.54) is 12.7 Å². The van der Waals surface area contributed by atoms with Gasteiger partial charge in [-0.3, -0.25) is 4.79 Å². The number of fused-ring (bicyclic) bond motifs is 5. The fourth-order valence-electron chi connectivity index (χ4n) is 14.8. The summed E-state index contributed by atoms with van der Waals surface area (Å²) in [5, 5.41) is 63.0. The van der Waals surface area contributed by atoms with Gasteiger partial charge < -0.3 is 92.2 Å². The van der Waals surface area contributed by atoms with Gasteiger partial charge in [0.2, 0.25) is 5.78 Å². The number of allylic oxidation sites excluding steroid dienone is 3. The SMILES string of the molecule is CCC1=C(O)C(=O)[C@@H]2[C@@H]3CC=C4C[C@@H](O[C@H]5C[C@H](OC)[C@H](O[C@H]6C[C@H](OC)[C@H](O[C@H]7C[C@@H](O)[C@H](O[C@H]8C[C@@H](OC)[C@H](O[C@@H]9O[C@H](CO)[C@@H](O)[C@H](O)[C@H]9O)[C@@H](C)O8)[C@@H](C)O7)[C@@H](C)O6)[C@@H](C)O5)CC[C@]4(C)[C@H]3CC[C@]12C. The lowest BCUT2D eigenvalue weighted by molar-refractivity contribution is -0.358. The molecular weight excluding hydrogens is 969 g/mol. The Morgan fingerprint density at radius 3 is 1.66 bits per heavy atom. The largest absolute Gasteiger partial charge is 0.504 e. The van der Waals surface area contributed by atoms with Crippen LogP contribution in [0.1, 0.15) is 119 Å². The van der Waals surface area contributed by atoms with Gasteiger partial charge in [0.25, 0.3) is 0 Å². The normalized spacial score (nSPS) is 51.0. The van der Waals surface area contributed by atoms with Crippen molar-refractivity contribution in [3.05, 3.63) is 23.0 Å². The van der Waals surface area contributed by atoms with Gasteiger partial charge in [0.15, 0.2) is 37.2 Å². The second kappa shape index (κ2) is 23.1. The molecule has 0 radical (unpaired) electrons. The van der Waals surface area contributed by atoms with E-state index in [1.54, 1.807) is 28.1 Å². The number of rotatable bonds is 15. The van der Waals surface area contributed by atoms with Crippen molar-refractivity contribution in [1.82, 2.24) is 0 Å². The molecule has 422 valence electrons. The zero-order valence-corrected chi connectivity index (χ0v) is 44.9. The Labute approximate surface area is 435 Å². The standard InChI is InChI=1S/C54H86O20/c1-11-31-43(57)45(59)42-30-13-12-28-18-29(14-16-53(28,6)32(30)15-17-54(31,42)7)69-39-20-34(62-8)50(25(3)66-39)73-41-21-35(63-9)49(26(4)67-41)72-38-19-33(56)48(24(2)65-38)71-40-22-36(64-10)51(27(5)68-40)74-52-47(61)46(60)44(58)37(23-55)70-52/h12,24-27,29-30,32-42,44,46-52,55-58,60-61H,11,13-23H2,1-10H3/t24-,25-,26-,27-,29+,30-,32+,33-,34+,35+,36-,37-,38+,39+,40+,41+,42+,44-,46+,47-,48-,49-,50-,51-,52+,53+,54-/m1/s1. The van der Waals surface area contributed by atoms with Crippen LogP contribution in [0, 0.1) is 28.6 Å². The van der Waals surface area contributed by atoms with Crippen molar-refractivity contribution in [3.63, 3.8) is 0 Å². The highest BCUT2D eigenvalue weighted by Crippen LogP contribution is 2.65. The fourth-order valence-corrected chi connectivity index (χ4v) is 14.8. The highest BCUT2D eigenvalue weighted by atomic mass is 16.8. The molecule has 0 aromatic rings. The van der Waals surface area contributed by atoms with Crippen molar-refractivity contribution in [2.24, 2.45) is 28.6 Å². The van der Waals surface area contributed by atoms with Crippen molar-refractivity contribution >= 4 is 5.78 Å². The Balaban J connectivity index is 0.738. The Morgan fingerprint density at radius 1 is 0.635 bits per heavy atom. The van der Waals surface area contributed by atoms with E-state index >= 15 is 0 Å². The second-order valence-corrected chi connectivity index (χ2v) is 23.1. The molecule has 2 saturated carbocycles. The molecule has 0 aromatic heterocycles. The summed E-state index contributed by atoms with van der Waals surface area (Å²) in [5.74, 6) is 0.454. The lowest BCUT2D eigenvalue weighted by Crippen LogP contribution is -2.62. The summed E-state index contributed by atoms with van der Waals surface area (Å²) in [6.07, 6.45) is -7.46. The molecule has 0 spiro atoms. The number of aliphatic hydroxyl groups excluding tert-OH is 6. The number of aliphatic hydroxyl groups is 6. The first kappa shape index (κ1) is 56.9. The molecule has 27 atom stereocenters. The quantitative estimate of drug-likeness (QED) is 0.128. The first-order valence-electron chi connectivity index (χ1n) is 27.4. The summed E-state index contributed by atoms with van der Waals surface area (Å²) in [6.45, 7) is 13.4. The number of carbonyl (C=O) groups is 1. The average molecular weight is 1060 g/mol. The number of ether oxygens (including phenoxy) is 13. The van der Waals surface area contributed by atoms with Crippen LogP contribution in [0.5, 0.6) is 0 Å². The summed E-state index contributed by atoms with van der Waals surface area (Å²) >= 11 is 0. The number of carbonyl (C=O) groups excluding carboxylic acids is 1. The van der Waals surface area contributed by atoms with Gasteiger partial charge in [0.05, 0.1) is 61.5 Å². The van der Waals surface area contributed by atoms with Gasteiger partial charge in [-0.25, -0.2) is 0 Å². The third-order valence-corrected chi connectivity index (χ3v) is 18.9. The van der Waals surface area contributed by atoms with Crippen LogP contribution in [0.2, 0.25) is 0 Å². The van der Waals surface area contributed by atoms with E-state index in [1.807, 2.05) is 13.8 Å².